The molecule has 8 heteroatoms. The van der Waals surface area contributed by atoms with E-state index in [1.165, 1.54) is 36.7 Å². The first kappa shape index (κ1) is 14.0. The predicted molar refractivity (Wildman–Crippen MR) is 71.7 cm³/mol. The van der Waals surface area contributed by atoms with Crippen molar-refractivity contribution < 1.29 is 18.3 Å². The zero-order valence-corrected chi connectivity index (χ0v) is 11.0. The largest absolute Gasteiger partial charge is 0.506 e. The van der Waals surface area contributed by atoms with Crippen LogP contribution in [0.25, 0.3) is 0 Å². The van der Waals surface area contributed by atoms with Crippen molar-refractivity contribution >= 4 is 21.6 Å². The van der Waals surface area contributed by atoms with Gasteiger partial charge in [-0.25, -0.2) is 13.6 Å². The Hall–Kier alpha value is -2.45. The van der Waals surface area contributed by atoms with Crippen molar-refractivity contribution in [3.63, 3.8) is 0 Å². The molecular weight excluding hydrogens is 282 g/mol. The van der Waals surface area contributed by atoms with Gasteiger partial charge in [-0.05, 0) is 18.2 Å². The predicted octanol–water partition coefficient (Wildman–Crippen LogP) is 0.687. The van der Waals surface area contributed by atoms with Crippen LogP contribution in [0.3, 0.4) is 0 Å². The zero-order chi connectivity index (χ0) is 14.8. The van der Waals surface area contributed by atoms with E-state index in [0.717, 1.165) is 0 Å². The molecule has 1 aromatic carbocycles. The van der Waals surface area contributed by atoms with Crippen molar-refractivity contribution in [3.05, 3.63) is 48.3 Å². The number of rotatable bonds is 3. The highest BCUT2D eigenvalue weighted by Gasteiger charge is 2.16. The summed E-state index contributed by atoms with van der Waals surface area (Å²) in [7, 11) is -3.95. The van der Waals surface area contributed by atoms with Crippen LogP contribution in [-0.4, -0.2) is 24.4 Å². The first-order valence-corrected chi connectivity index (χ1v) is 7.00. The molecule has 20 heavy (non-hydrogen) atoms. The van der Waals surface area contributed by atoms with Crippen LogP contribution in [0.4, 0.5) is 5.69 Å². The number of nitrogens with zero attached hydrogens (tertiary/aromatic N) is 1. The van der Waals surface area contributed by atoms with E-state index >= 15 is 0 Å². The maximum Gasteiger partial charge on any atom is 0.257 e. The molecule has 0 aliphatic heterocycles. The number of benzene rings is 1. The number of primary sulfonamides is 1. The molecule has 0 spiro atoms. The van der Waals surface area contributed by atoms with Crippen LogP contribution in [0.2, 0.25) is 0 Å². The number of amides is 1. The van der Waals surface area contributed by atoms with Gasteiger partial charge in [0.2, 0.25) is 10.0 Å². The Bertz CT molecular complexity index is 759. The number of hydrogen-bond acceptors (Lipinski definition) is 5. The lowest BCUT2D eigenvalue weighted by Gasteiger charge is -2.09. The number of anilines is 1. The molecule has 0 saturated heterocycles. The fourth-order valence-electron chi connectivity index (χ4n) is 1.56. The number of pyridine rings is 1. The minimum atomic E-state index is -3.95. The number of nitrogens with two attached hydrogens (primary N) is 1. The van der Waals surface area contributed by atoms with Crippen molar-refractivity contribution in [2.24, 2.45) is 5.14 Å². The number of para-hydroxylation sites is 1. The molecule has 0 saturated carbocycles. The maximum absolute atomic E-state index is 11.9. The number of nitrogens with one attached hydrogen (secondary N) is 1. The average molecular weight is 293 g/mol. The fraction of sp³-hybridized carbons (Fsp3) is 0. The summed E-state index contributed by atoms with van der Waals surface area (Å²) in [5.74, 6) is -0.776. The van der Waals surface area contributed by atoms with Gasteiger partial charge in [-0.15, -0.1) is 0 Å². The standard InChI is InChI=1S/C12H11N3O4S/c13-20(18,19)11-4-2-1-3-10(11)15-12(17)8-5-9(16)7-14-6-8/h1-7,16H,(H,15,17)(H2,13,18,19). The highest BCUT2D eigenvalue weighted by Crippen LogP contribution is 2.20. The summed E-state index contributed by atoms with van der Waals surface area (Å²) < 4.78 is 22.8. The highest BCUT2D eigenvalue weighted by atomic mass is 32.2. The summed E-state index contributed by atoms with van der Waals surface area (Å²) in [6, 6.07) is 6.96. The van der Waals surface area contributed by atoms with Gasteiger partial charge in [0.1, 0.15) is 10.6 Å². The Labute approximate surface area is 115 Å². The number of aromatic hydroxyl groups is 1. The van der Waals surface area contributed by atoms with Crippen LogP contribution in [0.1, 0.15) is 10.4 Å². The molecule has 2 aromatic rings. The molecule has 104 valence electrons. The topological polar surface area (TPSA) is 122 Å². The quantitative estimate of drug-likeness (QED) is 0.768. The minimum Gasteiger partial charge on any atom is -0.506 e. The van der Waals surface area contributed by atoms with Crippen LogP contribution in [-0.2, 0) is 10.0 Å². The molecule has 4 N–H and O–H groups in total. The number of hydrogen-bond donors (Lipinski definition) is 3. The minimum absolute atomic E-state index is 0.0587. The third-order valence-corrected chi connectivity index (χ3v) is 3.40. The third kappa shape index (κ3) is 3.11. The number of carbonyl (C=O) groups is 1. The Morgan fingerprint density at radius 3 is 2.60 bits per heavy atom. The molecule has 0 fully saturated rings. The van der Waals surface area contributed by atoms with E-state index in [9.17, 15) is 18.3 Å². The monoisotopic (exact) mass is 293 g/mol. The van der Waals surface area contributed by atoms with Crippen molar-refractivity contribution in [2.45, 2.75) is 4.90 Å². The van der Waals surface area contributed by atoms with Crippen LogP contribution < -0.4 is 10.5 Å². The molecule has 2 rings (SSSR count). The number of carbonyl (C=O) groups excluding carboxylic acids is 1. The molecule has 1 amide bonds. The van der Waals surface area contributed by atoms with Crippen molar-refractivity contribution in [1.82, 2.24) is 4.98 Å². The van der Waals surface area contributed by atoms with Gasteiger partial charge in [0.05, 0.1) is 17.4 Å². The summed E-state index contributed by atoms with van der Waals surface area (Å²) in [5, 5.41) is 16.7. The van der Waals surface area contributed by atoms with E-state index < -0.39 is 15.9 Å². The second kappa shape index (κ2) is 5.27. The van der Waals surface area contributed by atoms with Gasteiger partial charge >= 0.3 is 0 Å². The fourth-order valence-corrected chi connectivity index (χ4v) is 2.26. The Morgan fingerprint density at radius 1 is 1.25 bits per heavy atom. The Kier molecular flexibility index (Phi) is 3.68. The van der Waals surface area contributed by atoms with E-state index in [1.807, 2.05) is 0 Å². The molecule has 0 radical (unpaired) electrons. The maximum atomic E-state index is 11.9. The first-order valence-electron chi connectivity index (χ1n) is 5.45. The average Bonchev–Trinajstić information content (AvgIpc) is 2.38. The molecule has 0 bridgehead atoms. The molecule has 0 atom stereocenters. The normalized spacial score (nSPS) is 11.1. The first-order chi connectivity index (χ1) is 9.38. The molecule has 0 aliphatic rings. The summed E-state index contributed by atoms with van der Waals surface area (Å²) in [6.07, 6.45) is 2.42. The van der Waals surface area contributed by atoms with Gasteiger partial charge in [-0.2, -0.15) is 0 Å². The molecule has 0 unspecified atom stereocenters. The van der Waals surface area contributed by atoms with Gasteiger partial charge in [-0.3, -0.25) is 9.78 Å². The second-order valence-corrected chi connectivity index (χ2v) is 5.46. The van der Waals surface area contributed by atoms with Crippen molar-refractivity contribution in [1.29, 1.82) is 0 Å². The van der Waals surface area contributed by atoms with Crippen LogP contribution in [0.5, 0.6) is 5.75 Å². The van der Waals surface area contributed by atoms with Gasteiger partial charge in [0, 0.05) is 6.20 Å². The van der Waals surface area contributed by atoms with Gasteiger partial charge in [0.25, 0.3) is 5.91 Å². The van der Waals surface area contributed by atoms with E-state index in [1.54, 1.807) is 6.07 Å². The lowest BCUT2D eigenvalue weighted by Crippen LogP contribution is -2.18. The smallest absolute Gasteiger partial charge is 0.257 e. The molecule has 1 aromatic heterocycles. The zero-order valence-electron chi connectivity index (χ0n) is 10.1. The molecule has 0 aliphatic carbocycles. The van der Waals surface area contributed by atoms with E-state index in [4.69, 9.17) is 5.14 Å². The van der Waals surface area contributed by atoms with E-state index in [2.05, 4.69) is 10.3 Å². The Morgan fingerprint density at radius 2 is 1.95 bits per heavy atom. The van der Waals surface area contributed by atoms with Crippen molar-refractivity contribution in [2.75, 3.05) is 5.32 Å². The van der Waals surface area contributed by atoms with E-state index in [-0.39, 0.29) is 21.9 Å². The summed E-state index contributed by atoms with van der Waals surface area (Å²) in [5.41, 5.74) is 0.151. The third-order valence-electron chi connectivity index (χ3n) is 2.43. The summed E-state index contributed by atoms with van der Waals surface area (Å²) in [4.78, 5) is 15.4. The number of sulfonamides is 1. The van der Waals surface area contributed by atoms with Gasteiger partial charge < -0.3 is 10.4 Å². The highest BCUT2D eigenvalue weighted by molar-refractivity contribution is 7.89. The molecule has 7 nitrogen and oxygen atoms in total. The molecular formula is C12H11N3O4S. The van der Waals surface area contributed by atoms with Crippen molar-refractivity contribution in [3.8, 4) is 5.75 Å². The summed E-state index contributed by atoms with van der Waals surface area (Å²) in [6.45, 7) is 0. The van der Waals surface area contributed by atoms with Crippen LogP contribution >= 0.6 is 0 Å². The molecule has 1 heterocycles. The second-order valence-electron chi connectivity index (χ2n) is 3.93. The van der Waals surface area contributed by atoms with Crippen LogP contribution in [0.15, 0.2) is 47.6 Å². The SMILES string of the molecule is NS(=O)(=O)c1ccccc1NC(=O)c1cncc(O)c1. The summed E-state index contributed by atoms with van der Waals surface area (Å²) >= 11 is 0. The van der Waals surface area contributed by atoms with Gasteiger partial charge in [0.15, 0.2) is 0 Å². The lowest BCUT2D eigenvalue weighted by atomic mass is 10.2. The van der Waals surface area contributed by atoms with Crippen LogP contribution in [0, 0.1) is 0 Å². The lowest BCUT2D eigenvalue weighted by molar-refractivity contribution is 0.102. The van der Waals surface area contributed by atoms with Gasteiger partial charge in [-0.1, -0.05) is 12.1 Å². The van der Waals surface area contributed by atoms with E-state index in [0.29, 0.717) is 0 Å². The number of aromatic nitrogens is 1. The Balaban J connectivity index is 2.34.